The molecule has 0 radical (unpaired) electrons. The minimum Gasteiger partial charge on any atom is -0.493 e. The van der Waals surface area contributed by atoms with Crippen molar-refractivity contribution < 1.29 is 19.3 Å². The van der Waals surface area contributed by atoms with Crippen LogP contribution in [0.3, 0.4) is 0 Å². The quantitative estimate of drug-likeness (QED) is 0.887. The highest BCUT2D eigenvalue weighted by Gasteiger charge is 2.21. The highest BCUT2D eigenvalue weighted by atomic mass is 16.5. The SMILES string of the molecule is CCOc1ccccc1C(O)c1cccc(OC)c1OC. The van der Waals surface area contributed by atoms with E-state index < -0.39 is 6.10 Å². The lowest BCUT2D eigenvalue weighted by atomic mass is 9.99. The Kier molecular flexibility index (Phi) is 5.06. The minimum absolute atomic E-state index is 0.527. The Morgan fingerprint density at radius 1 is 0.905 bits per heavy atom. The van der Waals surface area contributed by atoms with Crippen LogP contribution in [0, 0.1) is 0 Å². The van der Waals surface area contributed by atoms with E-state index in [1.807, 2.05) is 43.3 Å². The van der Waals surface area contributed by atoms with Gasteiger partial charge in [0.25, 0.3) is 0 Å². The first-order valence-electron chi connectivity index (χ1n) is 6.83. The van der Waals surface area contributed by atoms with Crippen LogP contribution in [0.1, 0.15) is 24.2 Å². The molecule has 0 heterocycles. The van der Waals surface area contributed by atoms with E-state index in [0.29, 0.717) is 35.0 Å². The smallest absolute Gasteiger partial charge is 0.166 e. The first-order chi connectivity index (χ1) is 10.2. The number of ether oxygens (including phenoxy) is 3. The molecule has 2 aromatic carbocycles. The summed E-state index contributed by atoms with van der Waals surface area (Å²) in [5.74, 6) is 1.78. The summed E-state index contributed by atoms with van der Waals surface area (Å²) in [4.78, 5) is 0. The fourth-order valence-electron chi connectivity index (χ4n) is 2.29. The lowest BCUT2D eigenvalue weighted by molar-refractivity contribution is 0.205. The van der Waals surface area contributed by atoms with E-state index in [9.17, 15) is 5.11 Å². The molecule has 0 saturated heterocycles. The van der Waals surface area contributed by atoms with Gasteiger partial charge in [0.05, 0.1) is 20.8 Å². The highest BCUT2D eigenvalue weighted by Crippen LogP contribution is 2.39. The predicted molar refractivity (Wildman–Crippen MR) is 81.2 cm³/mol. The molecule has 0 aliphatic heterocycles. The van der Waals surface area contributed by atoms with Gasteiger partial charge in [-0.2, -0.15) is 0 Å². The average molecular weight is 288 g/mol. The fraction of sp³-hybridized carbons (Fsp3) is 0.294. The van der Waals surface area contributed by atoms with Gasteiger partial charge in [-0.3, -0.25) is 0 Å². The third-order valence-corrected chi connectivity index (χ3v) is 3.24. The molecule has 0 aliphatic carbocycles. The Hall–Kier alpha value is -2.20. The van der Waals surface area contributed by atoms with Gasteiger partial charge >= 0.3 is 0 Å². The second kappa shape index (κ2) is 6.99. The molecule has 112 valence electrons. The van der Waals surface area contributed by atoms with Gasteiger partial charge in [-0.15, -0.1) is 0 Å². The van der Waals surface area contributed by atoms with Crippen LogP contribution in [0.2, 0.25) is 0 Å². The molecular weight excluding hydrogens is 268 g/mol. The molecule has 1 unspecified atom stereocenters. The van der Waals surface area contributed by atoms with Gasteiger partial charge in [-0.25, -0.2) is 0 Å². The molecule has 1 atom stereocenters. The molecule has 21 heavy (non-hydrogen) atoms. The highest BCUT2D eigenvalue weighted by molar-refractivity contribution is 5.51. The van der Waals surface area contributed by atoms with Crippen molar-refractivity contribution in [3.63, 3.8) is 0 Å². The van der Waals surface area contributed by atoms with Crippen molar-refractivity contribution in [1.29, 1.82) is 0 Å². The third kappa shape index (κ3) is 3.11. The molecule has 4 nitrogen and oxygen atoms in total. The molecule has 0 aromatic heterocycles. The van der Waals surface area contributed by atoms with E-state index in [0.717, 1.165) is 0 Å². The average Bonchev–Trinajstić information content (AvgIpc) is 2.54. The molecule has 0 aliphatic rings. The van der Waals surface area contributed by atoms with Crippen LogP contribution < -0.4 is 14.2 Å². The lowest BCUT2D eigenvalue weighted by Crippen LogP contribution is -2.06. The first-order valence-corrected chi connectivity index (χ1v) is 6.83. The monoisotopic (exact) mass is 288 g/mol. The van der Waals surface area contributed by atoms with E-state index in [1.54, 1.807) is 20.3 Å². The third-order valence-electron chi connectivity index (χ3n) is 3.24. The van der Waals surface area contributed by atoms with Crippen LogP contribution >= 0.6 is 0 Å². The molecule has 0 saturated carbocycles. The van der Waals surface area contributed by atoms with E-state index in [1.165, 1.54) is 0 Å². The van der Waals surface area contributed by atoms with E-state index in [2.05, 4.69) is 0 Å². The number of rotatable bonds is 6. The summed E-state index contributed by atoms with van der Waals surface area (Å²) in [6.45, 7) is 2.45. The van der Waals surface area contributed by atoms with Crippen molar-refractivity contribution in [2.45, 2.75) is 13.0 Å². The summed E-state index contributed by atoms with van der Waals surface area (Å²) in [5.41, 5.74) is 1.34. The van der Waals surface area contributed by atoms with Crippen LogP contribution in [0.5, 0.6) is 17.2 Å². The van der Waals surface area contributed by atoms with Crippen molar-refractivity contribution >= 4 is 0 Å². The summed E-state index contributed by atoms with van der Waals surface area (Å²) < 4.78 is 16.2. The Labute approximate surface area is 124 Å². The summed E-state index contributed by atoms with van der Waals surface area (Å²) in [6, 6.07) is 12.9. The molecule has 4 heteroatoms. The van der Waals surface area contributed by atoms with Crippen LogP contribution in [-0.4, -0.2) is 25.9 Å². The van der Waals surface area contributed by atoms with Crippen molar-refractivity contribution in [1.82, 2.24) is 0 Å². The molecule has 0 spiro atoms. The van der Waals surface area contributed by atoms with Gasteiger partial charge < -0.3 is 19.3 Å². The summed E-state index contributed by atoms with van der Waals surface area (Å²) in [6.07, 6.45) is -0.849. The van der Waals surface area contributed by atoms with Gasteiger partial charge in [0, 0.05) is 11.1 Å². The molecule has 1 N–H and O–H groups in total. The number of methoxy groups -OCH3 is 2. The van der Waals surface area contributed by atoms with Crippen molar-refractivity contribution in [3.05, 3.63) is 53.6 Å². The Balaban J connectivity index is 2.47. The van der Waals surface area contributed by atoms with Gasteiger partial charge in [0.15, 0.2) is 11.5 Å². The Morgan fingerprint density at radius 2 is 1.57 bits per heavy atom. The van der Waals surface area contributed by atoms with E-state index >= 15 is 0 Å². The number of para-hydroxylation sites is 2. The molecule has 2 aromatic rings. The van der Waals surface area contributed by atoms with Crippen LogP contribution in [0.4, 0.5) is 0 Å². The molecule has 0 amide bonds. The number of benzene rings is 2. The normalized spacial score (nSPS) is 11.8. The van der Waals surface area contributed by atoms with E-state index in [-0.39, 0.29) is 0 Å². The fourth-order valence-corrected chi connectivity index (χ4v) is 2.29. The van der Waals surface area contributed by atoms with Gasteiger partial charge in [-0.1, -0.05) is 30.3 Å². The van der Waals surface area contributed by atoms with Crippen molar-refractivity contribution in [2.24, 2.45) is 0 Å². The number of aliphatic hydroxyl groups excluding tert-OH is 1. The number of hydrogen-bond donors (Lipinski definition) is 1. The Morgan fingerprint density at radius 3 is 2.24 bits per heavy atom. The van der Waals surface area contributed by atoms with Gasteiger partial charge in [-0.05, 0) is 19.1 Å². The summed E-state index contributed by atoms with van der Waals surface area (Å²) in [5, 5.41) is 10.7. The van der Waals surface area contributed by atoms with Crippen molar-refractivity contribution in [2.75, 3.05) is 20.8 Å². The predicted octanol–water partition coefficient (Wildman–Crippen LogP) is 3.18. The van der Waals surface area contributed by atoms with Gasteiger partial charge in [0.1, 0.15) is 11.9 Å². The summed E-state index contributed by atoms with van der Waals surface area (Å²) >= 11 is 0. The number of hydrogen-bond acceptors (Lipinski definition) is 4. The number of aliphatic hydroxyl groups is 1. The second-order valence-corrected chi connectivity index (χ2v) is 4.46. The maximum atomic E-state index is 10.7. The maximum Gasteiger partial charge on any atom is 0.166 e. The zero-order valence-corrected chi connectivity index (χ0v) is 12.5. The van der Waals surface area contributed by atoms with Crippen LogP contribution in [-0.2, 0) is 0 Å². The molecule has 0 fully saturated rings. The second-order valence-electron chi connectivity index (χ2n) is 4.46. The largest absolute Gasteiger partial charge is 0.493 e. The van der Waals surface area contributed by atoms with Crippen molar-refractivity contribution in [3.8, 4) is 17.2 Å². The zero-order valence-electron chi connectivity index (χ0n) is 12.5. The molecule has 2 rings (SSSR count). The van der Waals surface area contributed by atoms with Gasteiger partial charge in [0.2, 0.25) is 0 Å². The van der Waals surface area contributed by atoms with Crippen LogP contribution in [0.15, 0.2) is 42.5 Å². The standard InChI is InChI=1S/C17H20O4/c1-4-21-14-10-6-5-8-12(14)16(18)13-9-7-11-15(19-2)17(13)20-3/h5-11,16,18H,4H2,1-3H3. The minimum atomic E-state index is -0.849. The lowest BCUT2D eigenvalue weighted by Gasteiger charge is -2.19. The molecular formula is C17H20O4. The maximum absolute atomic E-state index is 10.7. The van der Waals surface area contributed by atoms with Crippen LogP contribution in [0.25, 0.3) is 0 Å². The topological polar surface area (TPSA) is 47.9 Å². The first kappa shape index (κ1) is 15.2. The molecule has 0 bridgehead atoms. The Bertz CT molecular complexity index is 595. The van der Waals surface area contributed by atoms with E-state index in [4.69, 9.17) is 14.2 Å². The zero-order chi connectivity index (χ0) is 15.2. The summed E-state index contributed by atoms with van der Waals surface area (Å²) in [7, 11) is 3.13.